The number of benzene rings is 2. The molecule has 0 saturated heterocycles. The summed E-state index contributed by atoms with van der Waals surface area (Å²) in [5.74, 6) is -1.61. The van der Waals surface area contributed by atoms with Gasteiger partial charge in [0.2, 0.25) is 0 Å². The molecule has 0 amide bonds. The Hall–Kier alpha value is -2.89. The number of carboxylic acid groups (broad SMARTS) is 1. The summed E-state index contributed by atoms with van der Waals surface area (Å²) in [4.78, 5) is 28.7. The maximum absolute atomic E-state index is 12.6. The van der Waals surface area contributed by atoms with E-state index in [2.05, 4.69) is 4.98 Å². The van der Waals surface area contributed by atoms with Gasteiger partial charge in [-0.05, 0) is 61.2 Å². The van der Waals surface area contributed by atoms with Gasteiger partial charge in [0.15, 0.2) is 5.78 Å². The van der Waals surface area contributed by atoms with E-state index < -0.39 is 11.9 Å². The molecule has 1 unspecified atom stereocenters. The first-order chi connectivity index (χ1) is 15.4. The number of Topliss-reactive ketones (excluding diaryl/α,β-unsaturated/α-hetero) is 1. The Morgan fingerprint density at radius 2 is 1.69 bits per heavy atom. The van der Waals surface area contributed by atoms with Crippen molar-refractivity contribution in [3.63, 3.8) is 0 Å². The van der Waals surface area contributed by atoms with Crippen molar-refractivity contribution in [2.75, 3.05) is 6.61 Å². The van der Waals surface area contributed by atoms with Crippen LogP contribution >= 0.6 is 23.2 Å². The van der Waals surface area contributed by atoms with Crippen LogP contribution in [0.5, 0.6) is 5.75 Å². The lowest BCUT2D eigenvalue weighted by molar-refractivity contribution is -0.141. The molecule has 1 atom stereocenters. The molecule has 1 aromatic heterocycles. The van der Waals surface area contributed by atoms with Gasteiger partial charge in [-0.2, -0.15) is 0 Å². The maximum atomic E-state index is 12.6. The molecule has 5 nitrogen and oxygen atoms in total. The Labute approximate surface area is 197 Å². The van der Waals surface area contributed by atoms with Crippen molar-refractivity contribution < 1.29 is 19.4 Å². The fourth-order valence-corrected chi connectivity index (χ4v) is 3.94. The third kappa shape index (κ3) is 6.81. The first-order valence-electron chi connectivity index (χ1n) is 10.3. The van der Waals surface area contributed by atoms with Crippen LogP contribution in [0.25, 0.3) is 0 Å². The highest BCUT2D eigenvalue weighted by atomic mass is 35.5. The molecule has 1 N–H and O–H groups in total. The highest BCUT2D eigenvalue weighted by Crippen LogP contribution is 2.27. The summed E-state index contributed by atoms with van der Waals surface area (Å²) >= 11 is 12.2. The number of pyridine rings is 1. The molecule has 32 heavy (non-hydrogen) atoms. The van der Waals surface area contributed by atoms with Crippen LogP contribution < -0.4 is 4.74 Å². The third-order valence-electron chi connectivity index (χ3n) is 5.00. The van der Waals surface area contributed by atoms with Crippen LogP contribution in [-0.4, -0.2) is 28.4 Å². The van der Waals surface area contributed by atoms with Crippen LogP contribution in [0.2, 0.25) is 10.0 Å². The number of nitrogens with zero attached hydrogens (tertiary/aromatic N) is 1. The molecule has 2 aromatic carbocycles. The minimum Gasteiger partial charge on any atom is -0.494 e. The molecule has 0 bridgehead atoms. The first kappa shape index (κ1) is 23.8. The van der Waals surface area contributed by atoms with Gasteiger partial charge in [-0.25, -0.2) is 0 Å². The highest BCUT2D eigenvalue weighted by molar-refractivity contribution is 6.39. The van der Waals surface area contributed by atoms with Gasteiger partial charge in [0.25, 0.3) is 0 Å². The molecule has 0 aliphatic carbocycles. The molecule has 7 heteroatoms. The second-order valence-electron chi connectivity index (χ2n) is 7.38. The summed E-state index contributed by atoms with van der Waals surface area (Å²) in [7, 11) is 0. The number of ether oxygens (including phenoxy) is 1. The first-order valence-corrected chi connectivity index (χ1v) is 11.0. The highest BCUT2D eigenvalue weighted by Gasteiger charge is 2.25. The summed E-state index contributed by atoms with van der Waals surface area (Å²) in [6, 6.07) is 17.8. The van der Waals surface area contributed by atoms with Gasteiger partial charge in [-0.1, -0.05) is 47.5 Å². The van der Waals surface area contributed by atoms with E-state index in [1.165, 1.54) is 0 Å². The quantitative estimate of drug-likeness (QED) is 0.277. The number of hydrogen-bond acceptors (Lipinski definition) is 4. The second-order valence-corrected chi connectivity index (χ2v) is 8.19. The summed E-state index contributed by atoms with van der Waals surface area (Å²) in [5, 5.41) is 10.1. The smallest absolute Gasteiger partial charge is 0.307 e. The normalized spacial score (nSPS) is 11.7. The van der Waals surface area contributed by atoms with Gasteiger partial charge < -0.3 is 9.84 Å². The summed E-state index contributed by atoms with van der Waals surface area (Å²) in [5.41, 5.74) is 1.99. The van der Waals surface area contributed by atoms with Crippen molar-refractivity contribution in [3.05, 3.63) is 93.7 Å². The molecule has 0 radical (unpaired) electrons. The van der Waals surface area contributed by atoms with Gasteiger partial charge >= 0.3 is 5.97 Å². The van der Waals surface area contributed by atoms with Crippen LogP contribution in [0.4, 0.5) is 0 Å². The van der Waals surface area contributed by atoms with Crippen molar-refractivity contribution in [2.45, 2.75) is 25.7 Å². The average Bonchev–Trinajstić information content (AvgIpc) is 2.78. The SMILES string of the molecule is O=C(CC(Cc1ccc(OCCCc2ccccn2)cc1)C(=O)O)c1c(Cl)cccc1Cl. The van der Waals surface area contributed by atoms with Gasteiger partial charge in [-0.15, -0.1) is 0 Å². The summed E-state index contributed by atoms with van der Waals surface area (Å²) < 4.78 is 5.76. The Morgan fingerprint density at radius 3 is 2.31 bits per heavy atom. The number of rotatable bonds is 11. The molecule has 0 fully saturated rings. The summed E-state index contributed by atoms with van der Waals surface area (Å²) in [6.07, 6.45) is 3.47. The lowest BCUT2D eigenvalue weighted by Gasteiger charge is -2.14. The van der Waals surface area contributed by atoms with E-state index in [0.717, 1.165) is 24.1 Å². The molecule has 1 heterocycles. The number of hydrogen-bond donors (Lipinski definition) is 1. The number of halogens is 2. The van der Waals surface area contributed by atoms with E-state index in [1.807, 2.05) is 42.5 Å². The van der Waals surface area contributed by atoms with E-state index in [4.69, 9.17) is 27.9 Å². The molecule has 0 aliphatic rings. The molecule has 0 spiro atoms. The topological polar surface area (TPSA) is 76.5 Å². The number of carboxylic acids is 1. The zero-order valence-electron chi connectivity index (χ0n) is 17.3. The van der Waals surface area contributed by atoms with Crippen molar-refractivity contribution in [3.8, 4) is 5.75 Å². The van der Waals surface area contributed by atoms with E-state index in [-0.39, 0.29) is 34.2 Å². The van der Waals surface area contributed by atoms with Crippen LogP contribution in [0.1, 0.15) is 34.5 Å². The maximum Gasteiger partial charge on any atom is 0.307 e. The standard InChI is InChI=1S/C25H23Cl2NO4/c26-21-7-3-8-22(27)24(21)23(29)16-18(25(30)31)15-17-9-11-20(12-10-17)32-14-4-6-19-5-1-2-13-28-19/h1-3,5,7-13,18H,4,6,14-16H2,(H,30,31). The Bertz CT molecular complexity index is 1040. The van der Waals surface area contributed by atoms with Gasteiger partial charge in [0, 0.05) is 18.3 Å². The molecule has 0 saturated carbocycles. The Kier molecular flexibility index (Phi) is 8.65. The second kappa shape index (κ2) is 11.7. The number of aliphatic carboxylic acids is 1. The molecule has 0 aliphatic heterocycles. The molecular weight excluding hydrogens is 449 g/mol. The number of carbonyl (C=O) groups is 2. The number of carbonyl (C=O) groups excluding carboxylic acids is 1. The summed E-state index contributed by atoms with van der Waals surface area (Å²) in [6.45, 7) is 0.556. The molecule has 166 valence electrons. The van der Waals surface area contributed by atoms with Crippen LogP contribution in [-0.2, 0) is 17.6 Å². The lowest BCUT2D eigenvalue weighted by atomic mass is 9.92. The predicted octanol–water partition coefficient (Wildman–Crippen LogP) is 5.92. The van der Waals surface area contributed by atoms with Crippen LogP contribution in [0, 0.1) is 5.92 Å². The van der Waals surface area contributed by atoms with Crippen LogP contribution in [0.15, 0.2) is 66.9 Å². The predicted molar refractivity (Wildman–Crippen MR) is 125 cm³/mol. The fourth-order valence-electron chi connectivity index (χ4n) is 3.33. The third-order valence-corrected chi connectivity index (χ3v) is 5.63. The Morgan fingerprint density at radius 1 is 0.969 bits per heavy atom. The van der Waals surface area contributed by atoms with Crippen molar-refractivity contribution >= 4 is 35.0 Å². The van der Waals surface area contributed by atoms with Crippen molar-refractivity contribution in [1.82, 2.24) is 4.98 Å². The molecule has 3 aromatic rings. The van der Waals surface area contributed by atoms with Gasteiger partial charge in [-0.3, -0.25) is 14.6 Å². The van der Waals surface area contributed by atoms with Crippen molar-refractivity contribution in [1.29, 1.82) is 0 Å². The fraction of sp³-hybridized carbons (Fsp3) is 0.240. The van der Waals surface area contributed by atoms with Gasteiger partial charge in [0.05, 0.1) is 28.1 Å². The van der Waals surface area contributed by atoms with E-state index in [1.54, 1.807) is 24.4 Å². The zero-order chi connectivity index (χ0) is 22.9. The molecule has 3 rings (SSSR count). The lowest BCUT2D eigenvalue weighted by Crippen LogP contribution is -2.21. The monoisotopic (exact) mass is 471 g/mol. The van der Waals surface area contributed by atoms with Crippen molar-refractivity contribution in [2.24, 2.45) is 5.92 Å². The van der Waals surface area contributed by atoms with Gasteiger partial charge in [0.1, 0.15) is 5.75 Å². The van der Waals surface area contributed by atoms with E-state index in [0.29, 0.717) is 12.4 Å². The van der Waals surface area contributed by atoms with E-state index >= 15 is 0 Å². The minimum absolute atomic E-state index is 0.163. The van der Waals surface area contributed by atoms with E-state index in [9.17, 15) is 14.7 Å². The van der Waals surface area contributed by atoms with Crippen LogP contribution in [0.3, 0.4) is 0 Å². The number of aryl methyl sites for hydroxylation is 1. The minimum atomic E-state index is -1.05. The largest absolute Gasteiger partial charge is 0.494 e. The Balaban J connectivity index is 1.53. The zero-order valence-corrected chi connectivity index (χ0v) is 18.9. The number of ketones is 1. The average molecular weight is 472 g/mol. The molecular formula is C25H23Cl2NO4. The number of aromatic nitrogens is 1.